The molecule has 1 N–H and O–H groups in total. The fourth-order valence-electron chi connectivity index (χ4n) is 5.53. The largest absolute Gasteiger partial charge is 0.444 e. The second-order valence-corrected chi connectivity index (χ2v) is 12.0. The Morgan fingerprint density at radius 1 is 0.907 bits per heavy atom. The van der Waals surface area contributed by atoms with Crippen molar-refractivity contribution in [3.05, 3.63) is 78.5 Å². The van der Waals surface area contributed by atoms with Gasteiger partial charge in [-0.2, -0.15) is 5.10 Å². The van der Waals surface area contributed by atoms with Crippen LogP contribution in [-0.4, -0.2) is 84.4 Å². The molecule has 1 aliphatic heterocycles. The number of piperazine rings is 1. The maximum absolute atomic E-state index is 13.2. The molecule has 0 bridgehead atoms. The number of hydrogen-bond donors (Lipinski definition) is 1. The molecule has 2 aliphatic rings. The number of pyridine rings is 1. The van der Waals surface area contributed by atoms with Crippen LogP contribution in [0.4, 0.5) is 10.7 Å². The van der Waals surface area contributed by atoms with Crippen molar-refractivity contribution in [3.8, 4) is 22.4 Å². The van der Waals surface area contributed by atoms with Gasteiger partial charge in [-0.25, -0.2) is 14.8 Å². The van der Waals surface area contributed by atoms with Crippen LogP contribution in [-0.2, 0) is 28.9 Å². The van der Waals surface area contributed by atoms with Crippen molar-refractivity contribution in [2.75, 3.05) is 31.5 Å². The van der Waals surface area contributed by atoms with E-state index in [0.29, 0.717) is 32.1 Å². The van der Waals surface area contributed by atoms with Gasteiger partial charge in [-0.05, 0) is 56.9 Å². The number of carbonyl (C=O) groups excluding carboxylic acids is 2. The quantitative estimate of drug-likeness (QED) is 0.363. The Morgan fingerprint density at radius 3 is 2.16 bits per heavy atom. The Bertz CT molecular complexity index is 1560. The maximum Gasteiger partial charge on any atom is 0.410 e. The van der Waals surface area contributed by atoms with Gasteiger partial charge in [0, 0.05) is 79.9 Å². The van der Waals surface area contributed by atoms with Gasteiger partial charge in [-0.3, -0.25) is 14.5 Å². The minimum atomic E-state index is -0.557. The molecule has 11 nitrogen and oxygen atoms in total. The molecule has 1 saturated heterocycles. The van der Waals surface area contributed by atoms with E-state index in [0.717, 1.165) is 35.2 Å². The van der Waals surface area contributed by atoms with Crippen LogP contribution >= 0.6 is 0 Å². The molecule has 1 aromatic carbocycles. The zero-order valence-corrected chi connectivity index (χ0v) is 24.7. The minimum Gasteiger partial charge on any atom is -0.444 e. The molecule has 4 heterocycles. The monoisotopic (exact) mass is 580 g/mol. The molecule has 1 fully saturated rings. The molecule has 0 saturated carbocycles. The van der Waals surface area contributed by atoms with E-state index in [9.17, 15) is 9.59 Å². The molecule has 4 aromatic rings. The van der Waals surface area contributed by atoms with Crippen LogP contribution in [0.3, 0.4) is 0 Å². The lowest BCUT2D eigenvalue weighted by Gasteiger charge is -2.35. The van der Waals surface area contributed by atoms with Gasteiger partial charge >= 0.3 is 6.09 Å². The van der Waals surface area contributed by atoms with Gasteiger partial charge in [0.2, 0.25) is 11.9 Å². The van der Waals surface area contributed by atoms with Crippen molar-refractivity contribution in [1.82, 2.24) is 34.5 Å². The number of carbonyl (C=O) groups is 2. The molecule has 2 amide bonds. The number of fused-ring (bicyclic) bond motifs is 1. The van der Waals surface area contributed by atoms with E-state index in [1.165, 1.54) is 11.1 Å². The average Bonchev–Trinajstić information content (AvgIpc) is 3.61. The molecular weight excluding hydrogens is 544 g/mol. The zero-order chi connectivity index (χ0) is 30.0. The normalized spacial score (nSPS) is 15.3. The third-order valence-corrected chi connectivity index (χ3v) is 7.64. The molecular formula is C32H36N8O3. The second kappa shape index (κ2) is 11.8. The van der Waals surface area contributed by atoms with E-state index < -0.39 is 5.60 Å². The molecule has 1 aliphatic carbocycles. The first-order chi connectivity index (χ1) is 20.7. The van der Waals surface area contributed by atoms with E-state index in [2.05, 4.69) is 44.5 Å². The van der Waals surface area contributed by atoms with Crippen LogP contribution in [0.25, 0.3) is 22.4 Å². The van der Waals surface area contributed by atoms with E-state index in [1.54, 1.807) is 39.3 Å². The van der Waals surface area contributed by atoms with Crippen LogP contribution in [0.5, 0.6) is 0 Å². The van der Waals surface area contributed by atoms with E-state index >= 15 is 0 Å². The summed E-state index contributed by atoms with van der Waals surface area (Å²) in [7, 11) is 0. The SMILES string of the molecule is CC(C)(C)OC(=O)N1CCN(C(=O)Cn2cc(-c3cnc(NC4Cc5ccccc5C4)nc3)c(-c3ccncc3)n2)CC1. The highest BCUT2D eigenvalue weighted by Gasteiger charge is 2.28. The second-order valence-electron chi connectivity index (χ2n) is 12.0. The molecule has 3 aromatic heterocycles. The lowest BCUT2D eigenvalue weighted by Crippen LogP contribution is -2.52. The fraction of sp³-hybridized carbons (Fsp3) is 0.375. The first-order valence-corrected chi connectivity index (χ1v) is 14.6. The minimum absolute atomic E-state index is 0.0625. The van der Waals surface area contributed by atoms with Crippen LogP contribution < -0.4 is 5.32 Å². The number of rotatable bonds is 6. The van der Waals surface area contributed by atoms with Gasteiger partial charge < -0.3 is 19.9 Å². The van der Waals surface area contributed by atoms with Gasteiger partial charge in [0.1, 0.15) is 17.8 Å². The Labute approximate surface area is 250 Å². The predicted molar refractivity (Wildman–Crippen MR) is 162 cm³/mol. The number of nitrogens with zero attached hydrogens (tertiary/aromatic N) is 7. The highest BCUT2D eigenvalue weighted by atomic mass is 16.6. The van der Waals surface area contributed by atoms with E-state index in [4.69, 9.17) is 9.84 Å². The standard InChI is InChI=1S/C32H36N8O3/c1-32(2,3)43-31(42)39-14-12-38(13-15-39)28(41)21-40-20-27(29(37-40)22-8-10-33-11-9-22)25-18-34-30(35-19-25)36-26-16-23-6-4-5-7-24(23)17-26/h4-11,18-20,26H,12-17,21H2,1-3H3,(H,34,35,36). The van der Waals surface area contributed by atoms with Gasteiger partial charge in [0.15, 0.2) is 0 Å². The van der Waals surface area contributed by atoms with Crippen LogP contribution in [0.15, 0.2) is 67.4 Å². The highest BCUT2D eigenvalue weighted by Crippen LogP contribution is 2.31. The fourth-order valence-corrected chi connectivity index (χ4v) is 5.53. The lowest BCUT2D eigenvalue weighted by molar-refractivity contribution is -0.133. The van der Waals surface area contributed by atoms with Crippen molar-refractivity contribution in [3.63, 3.8) is 0 Å². The Kier molecular flexibility index (Phi) is 7.79. The van der Waals surface area contributed by atoms with Crippen molar-refractivity contribution < 1.29 is 14.3 Å². The van der Waals surface area contributed by atoms with Gasteiger partial charge in [0.25, 0.3) is 0 Å². The summed E-state index contributed by atoms with van der Waals surface area (Å²) in [5.74, 6) is 0.521. The summed E-state index contributed by atoms with van der Waals surface area (Å²) >= 11 is 0. The number of nitrogens with one attached hydrogen (secondary N) is 1. The summed E-state index contributed by atoms with van der Waals surface area (Å²) < 4.78 is 7.14. The maximum atomic E-state index is 13.2. The summed E-state index contributed by atoms with van der Waals surface area (Å²) in [5, 5.41) is 8.26. The van der Waals surface area contributed by atoms with Crippen molar-refractivity contribution in [2.45, 2.75) is 51.8 Å². The summed E-state index contributed by atoms with van der Waals surface area (Å²) in [5.41, 5.74) is 5.41. The Balaban J connectivity index is 1.14. The van der Waals surface area contributed by atoms with Gasteiger partial charge in [-0.15, -0.1) is 0 Å². The molecule has 0 unspecified atom stereocenters. The molecule has 0 atom stereocenters. The first-order valence-electron chi connectivity index (χ1n) is 14.6. The summed E-state index contributed by atoms with van der Waals surface area (Å²) in [6.45, 7) is 7.35. The van der Waals surface area contributed by atoms with Crippen molar-refractivity contribution >= 4 is 17.9 Å². The summed E-state index contributed by atoms with van der Waals surface area (Å²) in [6, 6.07) is 12.5. The van der Waals surface area contributed by atoms with Gasteiger partial charge in [0.05, 0.1) is 0 Å². The molecule has 6 rings (SSSR count). The number of benzene rings is 1. The molecule has 222 valence electrons. The van der Waals surface area contributed by atoms with E-state index in [1.807, 2.05) is 39.1 Å². The van der Waals surface area contributed by atoms with Gasteiger partial charge in [-0.1, -0.05) is 24.3 Å². The zero-order valence-electron chi connectivity index (χ0n) is 24.7. The number of aromatic nitrogens is 5. The third-order valence-electron chi connectivity index (χ3n) is 7.64. The van der Waals surface area contributed by atoms with Crippen molar-refractivity contribution in [1.29, 1.82) is 0 Å². The molecule has 0 radical (unpaired) electrons. The topological polar surface area (TPSA) is 118 Å². The average molecular weight is 581 g/mol. The number of amides is 2. The Hall–Kier alpha value is -4.80. The molecule has 11 heteroatoms. The highest BCUT2D eigenvalue weighted by molar-refractivity contribution is 5.81. The van der Waals surface area contributed by atoms with Crippen LogP contribution in [0.1, 0.15) is 31.9 Å². The third kappa shape index (κ3) is 6.66. The summed E-state index contributed by atoms with van der Waals surface area (Å²) in [4.78, 5) is 42.4. The first kappa shape index (κ1) is 28.3. The smallest absolute Gasteiger partial charge is 0.410 e. The Morgan fingerprint density at radius 2 is 1.53 bits per heavy atom. The molecule has 0 spiro atoms. The van der Waals surface area contributed by atoms with E-state index in [-0.39, 0.29) is 24.6 Å². The number of ether oxygens (including phenoxy) is 1. The predicted octanol–water partition coefficient (Wildman–Crippen LogP) is 4.06. The number of hydrogen-bond acceptors (Lipinski definition) is 8. The van der Waals surface area contributed by atoms with Crippen LogP contribution in [0.2, 0.25) is 0 Å². The van der Waals surface area contributed by atoms with Crippen molar-refractivity contribution in [2.24, 2.45) is 0 Å². The summed E-state index contributed by atoms with van der Waals surface area (Å²) in [6.07, 6.45) is 10.4. The number of anilines is 1. The molecule has 43 heavy (non-hydrogen) atoms. The lowest BCUT2D eigenvalue weighted by atomic mass is 10.1. The van der Waals surface area contributed by atoms with Crippen LogP contribution in [0, 0.1) is 0 Å².